The smallest absolute Gasteiger partial charge is 0.212 e. The lowest BCUT2D eigenvalue weighted by Gasteiger charge is -2.04. The summed E-state index contributed by atoms with van der Waals surface area (Å²) in [6, 6.07) is 3.58. The van der Waals surface area contributed by atoms with Crippen LogP contribution in [0.3, 0.4) is 0 Å². The molecule has 4 heterocycles. The lowest BCUT2D eigenvalue weighted by molar-refractivity contribution is 0.248. The van der Waals surface area contributed by atoms with Crippen LogP contribution in [0, 0.1) is 6.92 Å². The number of aliphatic hydroxyl groups is 1. The number of hydrogen-bond acceptors (Lipinski definition) is 6. The first-order valence-electron chi connectivity index (χ1n) is 7.25. The molecule has 23 heavy (non-hydrogen) atoms. The third-order valence-electron chi connectivity index (χ3n) is 3.56. The SMILES string of the molecule is Cc1nn2cc(CCn3ccnc3-c3ccc(CO)o3)nc2s1. The van der Waals surface area contributed by atoms with E-state index in [0.717, 1.165) is 34.5 Å². The molecule has 1 N–H and O–H groups in total. The second kappa shape index (κ2) is 5.64. The van der Waals surface area contributed by atoms with Crippen molar-refractivity contribution in [2.24, 2.45) is 0 Å². The lowest BCUT2D eigenvalue weighted by atomic mass is 10.3. The molecule has 0 atom stereocenters. The third kappa shape index (κ3) is 2.66. The molecule has 0 saturated carbocycles. The molecule has 4 aromatic rings. The first-order chi connectivity index (χ1) is 11.2. The molecule has 0 bridgehead atoms. The van der Waals surface area contributed by atoms with Crippen LogP contribution in [0.4, 0.5) is 0 Å². The van der Waals surface area contributed by atoms with Gasteiger partial charge in [-0.2, -0.15) is 5.10 Å². The Balaban J connectivity index is 1.52. The van der Waals surface area contributed by atoms with Crippen molar-refractivity contribution in [3.63, 3.8) is 0 Å². The molecular formula is C15H15N5O2S. The number of furan rings is 1. The highest BCUT2D eigenvalue weighted by Crippen LogP contribution is 2.21. The predicted molar refractivity (Wildman–Crippen MR) is 85.2 cm³/mol. The molecule has 118 valence electrons. The number of aromatic nitrogens is 5. The van der Waals surface area contributed by atoms with Gasteiger partial charge in [0.1, 0.15) is 17.4 Å². The number of aliphatic hydroxyl groups excluding tert-OH is 1. The van der Waals surface area contributed by atoms with E-state index in [1.807, 2.05) is 34.5 Å². The summed E-state index contributed by atoms with van der Waals surface area (Å²) in [5.41, 5.74) is 0.999. The molecular weight excluding hydrogens is 314 g/mol. The minimum absolute atomic E-state index is 0.113. The van der Waals surface area contributed by atoms with Crippen molar-refractivity contribution < 1.29 is 9.52 Å². The number of aryl methyl sites for hydroxylation is 3. The Morgan fingerprint density at radius 1 is 1.35 bits per heavy atom. The molecule has 0 unspecified atom stereocenters. The lowest BCUT2D eigenvalue weighted by Crippen LogP contribution is -2.02. The molecule has 0 radical (unpaired) electrons. The van der Waals surface area contributed by atoms with Crippen molar-refractivity contribution >= 4 is 16.3 Å². The molecule has 0 aromatic carbocycles. The van der Waals surface area contributed by atoms with Gasteiger partial charge in [-0.25, -0.2) is 14.5 Å². The second-order valence-electron chi connectivity index (χ2n) is 5.20. The van der Waals surface area contributed by atoms with E-state index in [1.54, 1.807) is 23.6 Å². The van der Waals surface area contributed by atoms with Crippen LogP contribution in [0.25, 0.3) is 16.5 Å². The number of fused-ring (bicyclic) bond motifs is 1. The fraction of sp³-hybridized carbons (Fsp3) is 0.267. The summed E-state index contributed by atoms with van der Waals surface area (Å²) in [5, 5.41) is 14.5. The van der Waals surface area contributed by atoms with Crippen molar-refractivity contribution in [1.82, 2.24) is 24.1 Å². The van der Waals surface area contributed by atoms with Gasteiger partial charge in [0.15, 0.2) is 11.6 Å². The van der Waals surface area contributed by atoms with Crippen molar-refractivity contribution in [2.45, 2.75) is 26.5 Å². The standard InChI is InChI=1S/C15H15N5O2S/c1-10-18-20-8-11(17-15(20)23-10)4-6-19-7-5-16-14(19)13-3-2-12(9-21)22-13/h2-3,5,7-8,21H,4,6,9H2,1H3. The monoisotopic (exact) mass is 329 g/mol. The summed E-state index contributed by atoms with van der Waals surface area (Å²) >= 11 is 1.58. The summed E-state index contributed by atoms with van der Waals surface area (Å²) in [6.45, 7) is 2.60. The zero-order valence-corrected chi connectivity index (χ0v) is 13.3. The van der Waals surface area contributed by atoms with Gasteiger partial charge < -0.3 is 14.1 Å². The maximum Gasteiger partial charge on any atom is 0.212 e. The van der Waals surface area contributed by atoms with Crippen LogP contribution in [0.5, 0.6) is 0 Å². The van der Waals surface area contributed by atoms with Crippen molar-refractivity contribution in [1.29, 1.82) is 0 Å². The molecule has 0 aliphatic heterocycles. The van der Waals surface area contributed by atoms with E-state index in [2.05, 4.69) is 15.1 Å². The largest absolute Gasteiger partial charge is 0.455 e. The molecule has 0 aliphatic rings. The highest BCUT2D eigenvalue weighted by molar-refractivity contribution is 7.16. The normalized spacial score (nSPS) is 11.6. The summed E-state index contributed by atoms with van der Waals surface area (Å²) in [7, 11) is 0. The molecule has 4 rings (SSSR count). The average Bonchev–Trinajstić information content (AvgIpc) is 3.27. The fourth-order valence-corrected chi connectivity index (χ4v) is 3.24. The summed E-state index contributed by atoms with van der Waals surface area (Å²) in [5.74, 6) is 1.94. The summed E-state index contributed by atoms with van der Waals surface area (Å²) < 4.78 is 9.40. The Morgan fingerprint density at radius 2 is 2.26 bits per heavy atom. The number of rotatable bonds is 5. The van der Waals surface area contributed by atoms with Gasteiger partial charge in [-0.15, -0.1) is 0 Å². The highest BCUT2D eigenvalue weighted by atomic mass is 32.1. The van der Waals surface area contributed by atoms with Crippen LogP contribution in [0.15, 0.2) is 35.1 Å². The van der Waals surface area contributed by atoms with Crippen LogP contribution in [-0.4, -0.2) is 29.3 Å². The minimum Gasteiger partial charge on any atom is -0.455 e. The van der Waals surface area contributed by atoms with Crippen molar-refractivity contribution in [3.8, 4) is 11.6 Å². The van der Waals surface area contributed by atoms with Crippen LogP contribution in [-0.2, 0) is 19.6 Å². The van der Waals surface area contributed by atoms with E-state index in [9.17, 15) is 0 Å². The van der Waals surface area contributed by atoms with Gasteiger partial charge in [0.2, 0.25) is 4.96 Å². The van der Waals surface area contributed by atoms with E-state index < -0.39 is 0 Å². The van der Waals surface area contributed by atoms with Crippen LogP contribution in [0.1, 0.15) is 16.5 Å². The molecule has 0 saturated heterocycles. The maximum atomic E-state index is 9.10. The zero-order chi connectivity index (χ0) is 15.8. The topological polar surface area (TPSA) is 81.4 Å². The van der Waals surface area contributed by atoms with Gasteiger partial charge in [-0.05, 0) is 19.1 Å². The van der Waals surface area contributed by atoms with Gasteiger partial charge in [0.05, 0.1) is 11.9 Å². The maximum absolute atomic E-state index is 9.10. The average molecular weight is 329 g/mol. The first kappa shape index (κ1) is 14.2. The summed E-state index contributed by atoms with van der Waals surface area (Å²) in [4.78, 5) is 9.84. The molecule has 0 aliphatic carbocycles. The Labute approximate surface area is 135 Å². The molecule has 8 heteroatoms. The Bertz CT molecular complexity index is 917. The number of imidazole rings is 2. The predicted octanol–water partition coefficient (Wildman–Crippen LogP) is 2.29. The molecule has 0 fully saturated rings. The Kier molecular flexibility index (Phi) is 3.47. The van der Waals surface area contributed by atoms with Crippen molar-refractivity contribution in [3.05, 3.63) is 47.2 Å². The van der Waals surface area contributed by atoms with Gasteiger partial charge in [-0.3, -0.25) is 0 Å². The quantitative estimate of drug-likeness (QED) is 0.607. The van der Waals surface area contributed by atoms with Gasteiger partial charge in [0.25, 0.3) is 0 Å². The van der Waals surface area contributed by atoms with E-state index in [4.69, 9.17) is 9.52 Å². The number of nitrogens with zero attached hydrogens (tertiary/aromatic N) is 5. The summed E-state index contributed by atoms with van der Waals surface area (Å²) in [6.07, 6.45) is 6.41. The van der Waals surface area contributed by atoms with Gasteiger partial charge in [-0.1, -0.05) is 11.3 Å². The molecule has 0 spiro atoms. The van der Waals surface area contributed by atoms with Crippen LogP contribution in [0.2, 0.25) is 0 Å². The van der Waals surface area contributed by atoms with E-state index in [-0.39, 0.29) is 6.61 Å². The van der Waals surface area contributed by atoms with Crippen molar-refractivity contribution in [2.75, 3.05) is 0 Å². The Morgan fingerprint density at radius 3 is 3.04 bits per heavy atom. The zero-order valence-electron chi connectivity index (χ0n) is 12.5. The van der Waals surface area contributed by atoms with E-state index >= 15 is 0 Å². The molecule has 4 aromatic heterocycles. The minimum atomic E-state index is -0.113. The molecule has 0 amide bonds. The Hall–Kier alpha value is -2.45. The van der Waals surface area contributed by atoms with E-state index in [1.165, 1.54) is 0 Å². The van der Waals surface area contributed by atoms with E-state index in [0.29, 0.717) is 11.5 Å². The molecule has 7 nitrogen and oxygen atoms in total. The van der Waals surface area contributed by atoms with Gasteiger partial charge in [0, 0.05) is 25.4 Å². The fourth-order valence-electron chi connectivity index (χ4n) is 2.50. The van der Waals surface area contributed by atoms with Crippen LogP contribution < -0.4 is 0 Å². The highest BCUT2D eigenvalue weighted by Gasteiger charge is 2.12. The third-order valence-corrected chi connectivity index (χ3v) is 4.39. The number of hydrogen-bond donors (Lipinski definition) is 1. The van der Waals surface area contributed by atoms with Gasteiger partial charge >= 0.3 is 0 Å². The first-order valence-corrected chi connectivity index (χ1v) is 8.07. The second-order valence-corrected chi connectivity index (χ2v) is 6.36. The van der Waals surface area contributed by atoms with Crippen LogP contribution >= 0.6 is 11.3 Å².